The molecule has 6 rings (SSSR count). The van der Waals surface area contributed by atoms with E-state index in [1.807, 2.05) is 0 Å². The number of hydrogen-bond donors (Lipinski definition) is 2. The molecule has 2 N–H and O–H groups in total. The molecule has 1 fully saturated rings. The summed E-state index contributed by atoms with van der Waals surface area (Å²) in [4.78, 5) is 11.6. The molecule has 0 radical (unpaired) electrons. The van der Waals surface area contributed by atoms with Gasteiger partial charge in [0, 0.05) is 29.7 Å². The van der Waals surface area contributed by atoms with Gasteiger partial charge in [-0.1, -0.05) is 6.07 Å². The molecular formula is C31H22F8N4O4. The van der Waals surface area contributed by atoms with Crippen LogP contribution < -0.4 is 4.74 Å². The Kier molecular flexibility index (Phi) is 8.59. The van der Waals surface area contributed by atoms with Crippen molar-refractivity contribution in [2.45, 2.75) is 44.6 Å². The molecule has 47 heavy (non-hydrogen) atoms. The summed E-state index contributed by atoms with van der Waals surface area (Å²) in [5, 5.41) is 19.2. The van der Waals surface area contributed by atoms with Crippen molar-refractivity contribution < 1.29 is 54.8 Å². The van der Waals surface area contributed by atoms with E-state index in [0.29, 0.717) is 31.4 Å². The fourth-order valence-corrected chi connectivity index (χ4v) is 5.04. The third-order valence-electron chi connectivity index (χ3n) is 7.59. The lowest BCUT2D eigenvalue weighted by atomic mass is 10.0. The average Bonchev–Trinajstić information content (AvgIpc) is 3.33. The monoisotopic (exact) mass is 666 g/mol. The molecular weight excluding hydrogens is 644 g/mol. The standard InChI is InChI=1S/C31H22F8N4O4/c32-20-9-17(31(37,38)39)2-1-14(20)13-47-30-40-11-24(36)27(42-30)19-10-21(33)15(5-22(19)34)8-26-41-28-23(35)6-16(29(44)45)7-25(28)43(26)12-18-3-4-46-18/h1-2,5-7,9-11,18,29,44-45H,3-4,8,12-13H2/t18-/m0/s1. The first-order valence-corrected chi connectivity index (χ1v) is 13.9. The number of alkyl halides is 3. The maximum Gasteiger partial charge on any atom is 0.416 e. The van der Waals surface area contributed by atoms with E-state index < -0.39 is 71.0 Å². The Morgan fingerprint density at radius 2 is 1.64 bits per heavy atom. The van der Waals surface area contributed by atoms with Crippen LogP contribution in [0, 0.1) is 29.1 Å². The topological polar surface area (TPSA) is 103 Å². The number of halogens is 8. The van der Waals surface area contributed by atoms with Crippen LogP contribution in [0.2, 0.25) is 0 Å². The highest BCUT2D eigenvalue weighted by Crippen LogP contribution is 2.32. The fourth-order valence-electron chi connectivity index (χ4n) is 5.04. The van der Waals surface area contributed by atoms with Gasteiger partial charge in [-0.25, -0.2) is 31.9 Å². The fraction of sp³-hybridized carbons (Fsp3) is 0.258. The van der Waals surface area contributed by atoms with Crippen LogP contribution >= 0.6 is 0 Å². The Morgan fingerprint density at radius 1 is 0.894 bits per heavy atom. The molecule has 0 bridgehead atoms. The van der Waals surface area contributed by atoms with Gasteiger partial charge in [0.15, 0.2) is 17.9 Å². The van der Waals surface area contributed by atoms with Crippen LogP contribution in [0.3, 0.4) is 0 Å². The predicted octanol–water partition coefficient (Wildman–Crippen LogP) is 6.15. The van der Waals surface area contributed by atoms with Gasteiger partial charge in [0.1, 0.15) is 41.1 Å². The lowest BCUT2D eigenvalue weighted by molar-refractivity contribution is -0.137. The van der Waals surface area contributed by atoms with Crippen molar-refractivity contribution in [2.24, 2.45) is 0 Å². The molecule has 0 spiro atoms. The number of rotatable bonds is 9. The molecule has 3 heterocycles. The summed E-state index contributed by atoms with van der Waals surface area (Å²) in [5.74, 6) is -5.25. The van der Waals surface area contributed by atoms with Crippen molar-refractivity contribution in [3.63, 3.8) is 0 Å². The zero-order valence-electron chi connectivity index (χ0n) is 23.8. The minimum atomic E-state index is -4.77. The van der Waals surface area contributed by atoms with Crippen LogP contribution in [0.1, 0.15) is 40.8 Å². The Morgan fingerprint density at radius 3 is 2.30 bits per heavy atom. The first-order valence-electron chi connectivity index (χ1n) is 13.9. The van der Waals surface area contributed by atoms with Crippen LogP contribution in [0.25, 0.3) is 22.3 Å². The van der Waals surface area contributed by atoms with E-state index in [9.17, 15) is 36.6 Å². The van der Waals surface area contributed by atoms with Gasteiger partial charge in [0.25, 0.3) is 0 Å². The first kappa shape index (κ1) is 32.3. The van der Waals surface area contributed by atoms with Crippen LogP contribution in [0.4, 0.5) is 35.1 Å². The predicted molar refractivity (Wildman–Crippen MR) is 147 cm³/mol. The number of aliphatic hydroxyl groups excluding tert-OH is 1. The van der Waals surface area contributed by atoms with E-state index in [1.54, 1.807) is 0 Å². The number of benzene rings is 3. The van der Waals surface area contributed by atoms with E-state index >= 15 is 8.78 Å². The number of ether oxygens (including phenoxy) is 2. The molecule has 16 heteroatoms. The van der Waals surface area contributed by atoms with Crippen molar-refractivity contribution in [1.82, 2.24) is 19.5 Å². The van der Waals surface area contributed by atoms with Gasteiger partial charge in [-0.05, 0) is 48.4 Å². The summed E-state index contributed by atoms with van der Waals surface area (Å²) >= 11 is 0. The largest absolute Gasteiger partial charge is 0.458 e. The highest BCUT2D eigenvalue weighted by atomic mass is 19.4. The van der Waals surface area contributed by atoms with Crippen LogP contribution in [-0.4, -0.2) is 42.4 Å². The zero-order valence-corrected chi connectivity index (χ0v) is 23.8. The van der Waals surface area contributed by atoms with Gasteiger partial charge in [0.2, 0.25) is 0 Å². The summed E-state index contributed by atoms with van der Waals surface area (Å²) in [6.45, 7) is 0.0159. The second-order valence-electron chi connectivity index (χ2n) is 10.7. The zero-order chi connectivity index (χ0) is 33.6. The number of aliphatic hydroxyl groups is 2. The Labute approximate surface area is 259 Å². The normalized spacial score (nSPS) is 15.0. The van der Waals surface area contributed by atoms with Gasteiger partial charge in [-0.2, -0.15) is 18.2 Å². The molecule has 3 aromatic carbocycles. The van der Waals surface area contributed by atoms with E-state index in [-0.39, 0.29) is 58.7 Å². The van der Waals surface area contributed by atoms with Gasteiger partial charge in [-0.3, -0.25) is 0 Å². The Hall–Kier alpha value is -4.67. The molecule has 0 amide bonds. The number of aromatic nitrogens is 4. The number of imidazole rings is 1. The van der Waals surface area contributed by atoms with Crippen molar-refractivity contribution in [2.75, 3.05) is 6.61 Å². The lowest BCUT2D eigenvalue weighted by Crippen LogP contribution is -2.31. The SMILES string of the molecule is OC(O)c1cc(F)c2nc(Cc3cc(F)c(-c4nc(OCc5ccc(C(F)(F)F)cc5F)ncc4F)cc3F)n(C[C@@H]3CCO3)c2c1. The molecule has 5 aromatic rings. The molecule has 0 saturated carbocycles. The van der Waals surface area contributed by atoms with Gasteiger partial charge < -0.3 is 24.3 Å². The third kappa shape index (κ3) is 6.61. The molecule has 246 valence electrons. The van der Waals surface area contributed by atoms with Crippen molar-refractivity contribution >= 4 is 11.0 Å². The molecule has 1 aliphatic rings. The Balaban J connectivity index is 1.28. The molecule has 0 aliphatic carbocycles. The smallest absolute Gasteiger partial charge is 0.416 e. The summed E-state index contributed by atoms with van der Waals surface area (Å²) in [5.41, 5.74) is -3.17. The molecule has 0 unspecified atom stereocenters. The summed E-state index contributed by atoms with van der Waals surface area (Å²) in [6, 6.07) is 4.85. The highest BCUT2D eigenvalue weighted by Gasteiger charge is 2.31. The average molecular weight is 667 g/mol. The van der Waals surface area contributed by atoms with Crippen molar-refractivity contribution in [3.8, 4) is 17.3 Å². The maximum absolute atomic E-state index is 15.5. The third-order valence-corrected chi connectivity index (χ3v) is 7.59. The molecule has 1 atom stereocenters. The number of fused-ring (bicyclic) bond motifs is 1. The van der Waals surface area contributed by atoms with Crippen LogP contribution in [0.5, 0.6) is 6.01 Å². The molecule has 1 aliphatic heterocycles. The number of hydrogen-bond acceptors (Lipinski definition) is 7. The Bertz CT molecular complexity index is 1980. The van der Waals surface area contributed by atoms with Gasteiger partial charge in [0.05, 0.1) is 29.9 Å². The van der Waals surface area contributed by atoms with Crippen LogP contribution in [-0.2, 0) is 30.5 Å². The van der Waals surface area contributed by atoms with E-state index in [1.165, 1.54) is 10.6 Å². The van der Waals surface area contributed by atoms with Gasteiger partial charge in [-0.15, -0.1) is 0 Å². The maximum atomic E-state index is 15.5. The lowest BCUT2D eigenvalue weighted by Gasteiger charge is -2.27. The second-order valence-corrected chi connectivity index (χ2v) is 10.7. The summed E-state index contributed by atoms with van der Waals surface area (Å²) in [7, 11) is 0. The minimum absolute atomic E-state index is 0.115. The highest BCUT2D eigenvalue weighted by molar-refractivity contribution is 5.78. The van der Waals surface area contributed by atoms with Crippen molar-refractivity contribution in [3.05, 3.63) is 106 Å². The van der Waals surface area contributed by atoms with E-state index in [4.69, 9.17) is 9.47 Å². The van der Waals surface area contributed by atoms with Crippen LogP contribution in [0.15, 0.2) is 48.7 Å². The summed E-state index contributed by atoms with van der Waals surface area (Å²) in [6.07, 6.45) is -6.08. The summed E-state index contributed by atoms with van der Waals surface area (Å²) < 4.78 is 125. The van der Waals surface area contributed by atoms with Crippen molar-refractivity contribution in [1.29, 1.82) is 0 Å². The quantitative estimate of drug-likeness (QED) is 0.144. The second kappa shape index (κ2) is 12.5. The first-order chi connectivity index (χ1) is 22.3. The molecule has 1 saturated heterocycles. The minimum Gasteiger partial charge on any atom is -0.458 e. The van der Waals surface area contributed by atoms with E-state index in [2.05, 4.69) is 15.0 Å². The molecule has 8 nitrogen and oxygen atoms in total. The molecule has 2 aromatic heterocycles. The van der Waals surface area contributed by atoms with Gasteiger partial charge >= 0.3 is 12.2 Å². The number of nitrogens with zero attached hydrogens (tertiary/aromatic N) is 4. The van der Waals surface area contributed by atoms with E-state index in [0.717, 1.165) is 18.2 Å².